The Labute approximate surface area is 115 Å². The molecule has 0 radical (unpaired) electrons. The predicted molar refractivity (Wildman–Crippen MR) is 72.9 cm³/mol. The van der Waals surface area contributed by atoms with Crippen LogP contribution in [0.5, 0.6) is 0 Å². The van der Waals surface area contributed by atoms with Gasteiger partial charge in [0.25, 0.3) is 0 Å². The van der Waals surface area contributed by atoms with Gasteiger partial charge in [-0.1, -0.05) is 34.7 Å². The number of nitrogens with zero attached hydrogens (tertiary/aromatic N) is 2. The van der Waals surface area contributed by atoms with Crippen molar-refractivity contribution in [1.82, 2.24) is 10.1 Å². The highest BCUT2D eigenvalue weighted by molar-refractivity contribution is 14.1. The number of rotatable bonds is 1. The van der Waals surface area contributed by atoms with Gasteiger partial charge in [-0.05, 0) is 27.7 Å². The van der Waals surface area contributed by atoms with Gasteiger partial charge in [0, 0.05) is 17.5 Å². The molecule has 5 heteroatoms. The van der Waals surface area contributed by atoms with Crippen molar-refractivity contribution in [2.24, 2.45) is 0 Å². The van der Waals surface area contributed by atoms with Crippen molar-refractivity contribution >= 4 is 22.6 Å². The quantitative estimate of drug-likeness (QED) is 0.438. The first-order chi connectivity index (χ1) is 7.78. The monoisotopic (exact) mass is 352 g/mol. The van der Waals surface area contributed by atoms with Crippen LogP contribution in [0.1, 0.15) is 50.6 Å². The van der Waals surface area contributed by atoms with Crippen LogP contribution in [0.2, 0.25) is 0 Å². The topological polar surface area (TPSA) is 29.3 Å². The van der Waals surface area contributed by atoms with Crippen LogP contribution in [-0.2, 0) is 5.79 Å². The average molecular weight is 352 g/mol. The second-order valence-electron chi connectivity index (χ2n) is 5.12. The normalized spacial score (nSPS) is 34.1. The van der Waals surface area contributed by atoms with Crippen LogP contribution >= 0.6 is 22.6 Å². The van der Waals surface area contributed by atoms with Crippen molar-refractivity contribution < 1.29 is 8.91 Å². The maximum Gasteiger partial charge on any atom is 0.208 e. The molecule has 0 bridgehead atoms. The zero-order valence-electron chi connectivity index (χ0n) is 10.8. The lowest BCUT2D eigenvalue weighted by atomic mass is 9.88. The molecular formula is C12H18FIN2O. The summed E-state index contributed by atoms with van der Waals surface area (Å²) in [5.74, 6) is -0.593. The number of hydrogen-bond donors (Lipinski definition) is 0. The van der Waals surface area contributed by atoms with E-state index in [1.165, 1.54) is 0 Å². The molecule has 0 fully saturated rings. The second kappa shape index (κ2) is 4.19. The van der Waals surface area contributed by atoms with Gasteiger partial charge in [-0.25, -0.2) is 4.39 Å². The van der Waals surface area contributed by atoms with Crippen molar-refractivity contribution in [1.29, 1.82) is 0 Å². The van der Waals surface area contributed by atoms with E-state index in [0.29, 0.717) is 5.69 Å². The van der Waals surface area contributed by atoms with Crippen LogP contribution in [0.3, 0.4) is 0 Å². The van der Waals surface area contributed by atoms with Gasteiger partial charge in [0.05, 0.1) is 4.05 Å². The van der Waals surface area contributed by atoms with Crippen LogP contribution in [0.15, 0.2) is 4.52 Å². The van der Waals surface area contributed by atoms with Crippen molar-refractivity contribution in [2.45, 2.75) is 56.4 Å². The summed E-state index contributed by atoms with van der Waals surface area (Å²) in [5, 5.41) is 3.93. The Morgan fingerprint density at radius 1 is 1.53 bits per heavy atom. The highest BCUT2D eigenvalue weighted by Crippen LogP contribution is 2.48. The zero-order chi connectivity index (χ0) is 13.0. The van der Waals surface area contributed by atoms with Gasteiger partial charge in [-0.15, -0.1) is 0 Å². The average Bonchev–Trinajstić information content (AvgIpc) is 2.57. The summed E-state index contributed by atoms with van der Waals surface area (Å²) in [6.45, 7) is 9.55. The maximum absolute atomic E-state index is 15.0. The summed E-state index contributed by atoms with van der Waals surface area (Å²) in [4.78, 5) is 1.86. The van der Waals surface area contributed by atoms with Crippen molar-refractivity contribution in [3.8, 4) is 0 Å². The SMILES string of the molecule is Cc1onc2c1C(C)C(I)N(C(C)C)C2(C)F. The Balaban J connectivity index is 2.60. The fourth-order valence-corrected chi connectivity index (χ4v) is 4.27. The van der Waals surface area contributed by atoms with E-state index in [1.807, 2.05) is 25.7 Å². The molecule has 0 N–H and O–H groups in total. The van der Waals surface area contributed by atoms with Gasteiger partial charge in [-0.3, -0.25) is 4.90 Å². The molecule has 0 saturated carbocycles. The summed E-state index contributed by atoms with van der Waals surface area (Å²) in [6, 6.07) is 0.125. The smallest absolute Gasteiger partial charge is 0.208 e. The molecule has 96 valence electrons. The molecular weight excluding hydrogens is 334 g/mol. The second-order valence-corrected chi connectivity index (χ2v) is 6.39. The molecule has 0 aromatic carbocycles. The molecule has 3 unspecified atom stereocenters. The van der Waals surface area contributed by atoms with Crippen LogP contribution in [-0.4, -0.2) is 20.1 Å². The van der Waals surface area contributed by atoms with Crippen LogP contribution < -0.4 is 0 Å². The van der Waals surface area contributed by atoms with E-state index in [9.17, 15) is 0 Å². The first-order valence-corrected chi connectivity index (χ1v) is 7.11. The molecule has 3 nitrogen and oxygen atoms in total. The first kappa shape index (κ1) is 13.3. The standard InChI is InChI=1S/C12H18FIN2O/c1-6(2)16-11(14)7(3)9-8(4)17-15-10(9)12(16,5)13/h6-7,11H,1-5H3. The summed E-state index contributed by atoms with van der Waals surface area (Å²) in [7, 11) is 0. The Morgan fingerprint density at radius 2 is 2.12 bits per heavy atom. The van der Waals surface area contributed by atoms with E-state index in [1.54, 1.807) is 6.92 Å². The highest BCUT2D eigenvalue weighted by atomic mass is 127. The number of halogens is 2. The van der Waals surface area contributed by atoms with Gasteiger partial charge < -0.3 is 4.52 Å². The summed E-state index contributed by atoms with van der Waals surface area (Å²) < 4.78 is 20.3. The molecule has 1 aromatic rings. The number of fused-ring (bicyclic) bond motifs is 1. The Bertz CT molecular complexity index is 430. The molecule has 17 heavy (non-hydrogen) atoms. The minimum atomic E-state index is -1.56. The number of aryl methyl sites for hydroxylation is 1. The molecule has 0 spiro atoms. The van der Waals surface area contributed by atoms with E-state index >= 15 is 4.39 Å². The maximum atomic E-state index is 15.0. The van der Waals surface area contributed by atoms with E-state index in [2.05, 4.69) is 34.7 Å². The van der Waals surface area contributed by atoms with Gasteiger partial charge in [-0.2, -0.15) is 0 Å². The molecule has 3 atom stereocenters. The lowest BCUT2D eigenvalue weighted by molar-refractivity contribution is -0.0690. The van der Waals surface area contributed by atoms with Crippen molar-refractivity contribution in [3.63, 3.8) is 0 Å². The van der Waals surface area contributed by atoms with Gasteiger partial charge in [0.1, 0.15) is 11.5 Å². The fourth-order valence-electron chi connectivity index (χ4n) is 2.75. The molecule has 0 amide bonds. The Morgan fingerprint density at radius 3 is 2.65 bits per heavy atom. The highest BCUT2D eigenvalue weighted by Gasteiger charge is 2.50. The molecule has 0 aliphatic carbocycles. The van der Waals surface area contributed by atoms with E-state index in [4.69, 9.17) is 4.52 Å². The lowest BCUT2D eigenvalue weighted by Crippen LogP contribution is -2.54. The third-order valence-corrected chi connectivity index (χ3v) is 5.19. The molecule has 1 aliphatic heterocycles. The van der Waals surface area contributed by atoms with Crippen LogP contribution in [0.4, 0.5) is 4.39 Å². The number of hydrogen-bond acceptors (Lipinski definition) is 3. The van der Waals surface area contributed by atoms with Crippen molar-refractivity contribution in [3.05, 3.63) is 17.0 Å². The third-order valence-electron chi connectivity index (χ3n) is 3.52. The lowest BCUT2D eigenvalue weighted by Gasteiger charge is -2.46. The molecule has 1 aromatic heterocycles. The van der Waals surface area contributed by atoms with E-state index in [0.717, 1.165) is 11.3 Å². The summed E-state index contributed by atoms with van der Waals surface area (Å²) >= 11 is 2.31. The first-order valence-electron chi connectivity index (χ1n) is 5.86. The predicted octanol–water partition coefficient (Wildman–Crippen LogP) is 3.71. The summed E-state index contributed by atoms with van der Waals surface area (Å²) in [6.07, 6.45) is 0. The minimum Gasteiger partial charge on any atom is -0.361 e. The number of alkyl halides is 2. The van der Waals surface area contributed by atoms with Gasteiger partial charge in [0.2, 0.25) is 5.79 Å². The van der Waals surface area contributed by atoms with Gasteiger partial charge >= 0.3 is 0 Å². The third kappa shape index (κ3) is 1.82. The fraction of sp³-hybridized carbons (Fsp3) is 0.750. The summed E-state index contributed by atoms with van der Waals surface area (Å²) in [5.41, 5.74) is 1.38. The van der Waals surface area contributed by atoms with E-state index in [-0.39, 0.29) is 16.0 Å². The van der Waals surface area contributed by atoms with Crippen molar-refractivity contribution in [2.75, 3.05) is 0 Å². The molecule has 2 rings (SSSR count). The molecule has 2 heterocycles. The number of aromatic nitrogens is 1. The zero-order valence-corrected chi connectivity index (χ0v) is 12.9. The largest absolute Gasteiger partial charge is 0.361 e. The van der Waals surface area contributed by atoms with Crippen LogP contribution in [0, 0.1) is 6.92 Å². The molecule has 0 saturated heterocycles. The molecule has 1 aliphatic rings. The van der Waals surface area contributed by atoms with E-state index < -0.39 is 5.79 Å². The van der Waals surface area contributed by atoms with Gasteiger partial charge in [0.15, 0.2) is 0 Å². The van der Waals surface area contributed by atoms with Crippen LogP contribution in [0.25, 0.3) is 0 Å². The Hall–Kier alpha value is -0.170. The minimum absolute atomic E-state index is 0.105. The Kier molecular flexibility index (Phi) is 3.27.